The zero-order chi connectivity index (χ0) is 13.9. The summed E-state index contributed by atoms with van der Waals surface area (Å²) in [6.45, 7) is 6.57. The van der Waals surface area contributed by atoms with Crippen molar-refractivity contribution < 1.29 is 19.4 Å². The molecule has 1 aromatic heterocycles. The first-order chi connectivity index (χ1) is 8.22. The number of anilines is 1. The molecule has 100 valence electrons. The van der Waals surface area contributed by atoms with Crippen molar-refractivity contribution in [3.63, 3.8) is 0 Å². The minimum atomic E-state index is -1.11. The van der Waals surface area contributed by atoms with Crippen molar-refractivity contribution in [2.75, 3.05) is 4.90 Å². The Morgan fingerprint density at radius 3 is 2.50 bits per heavy atom. The van der Waals surface area contributed by atoms with Crippen LogP contribution >= 0.6 is 11.3 Å². The Morgan fingerprint density at radius 2 is 2.11 bits per heavy atom. The third kappa shape index (κ3) is 3.69. The molecule has 0 aliphatic carbocycles. The lowest BCUT2D eigenvalue weighted by atomic mass is 10.2. The van der Waals surface area contributed by atoms with Crippen LogP contribution < -0.4 is 4.90 Å². The van der Waals surface area contributed by atoms with Crippen molar-refractivity contribution in [2.24, 2.45) is 0 Å². The molecular weight excluding hydrogens is 256 g/mol. The van der Waals surface area contributed by atoms with E-state index >= 15 is 0 Å². The predicted molar refractivity (Wildman–Crippen MR) is 67.9 cm³/mol. The molecule has 1 atom stereocenters. The maximum absolute atomic E-state index is 12.0. The molecule has 6 nitrogen and oxygen atoms in total. The quantitative estimate of drug-likeness (QED) is 0.913. The minimum Gasteiger partial charge on any atom is -0.480 e. The van der Waals surface area contributed by atoms with Crippen LogP contribution in [0, 0.1) is 0 Å². The zero-order valence-electron chi connectivity index (χ0n) is 10.7. The SMILES string of the molecule is C[C@@H](C(=O)O)N(C(=O)OC(C)(C)C)c1nccs1. The van der Waals surface area contributed by atoms with Crippen molar-refractivity contribution >= 4 is 28.5 Å². The highest BCUT2D eigenvalue weighted by molar-refractivity contribution is 7.13. The summed E-state index contributed by atoms with van der Waals surface area (Å²) < 4.78 is 5.19. The van der Waals surface area contributed by atoms with Gasteiger partial charge in [-0.1, -0.05) is 0 Å². The van der Waals surface area contributed by atoms with E-state index in [1.165, 1.54) is 24.5 Å². The average molecular weight is 272 g/mol. The minimum absolute atomic E-state index is 0.305. The Balaban J connectivity index is 2.99. The molecule has 0 radical (unpaired) electrons. The summed E-state index contributed by atoms with van der Waals surface area (Å²) in [4.78, 5) is 28.0. The first-order valence-corrected chi connectivity index (χ1v) is 6.25. The van der Waals surface area contributed by atoms with E-state index in [4.69, 9.17) is 9.84 Å². The molecule has 1 N–H and O–H groups in total. The maximum Gasteiger partial charge on any atom is 0.417 e. The summed E-state index contributed by atoms with van der Waals surface area (Å²) in [6, 6.07) is -1.04. The first-order valence-electron chi connectivity index (χ1n) is 5.37. The normalized spacial score (nSPS) is 12.9. The van der Waals surface area contributed by atoms with Crippen LogP contribution in [0.15, 0.2) is 11.6 Å². The average Bonchev–Trinajstić information content (AvgIpc) is 2.67. The number of nitrogens with zero attached hydrogens (tertiary/aromatic N) is 2. The molecule has 1 amide bonds. The molecular formula is C11H16N2O4S. The van der Waals surface area contributed by atoms with Crippen LogP contribution in [0.2, 0.25) is 0 Å². The second-order valence-corrected chi connectivity index (χ2v) is 5.55. The molecule has 1 heterocycles. The molecule has 0 saturated carbocycles. The lowest BCUT2D eigenvalue weighted by Crippen LogP contribution is -2.46. The third-order valence-electron chi connectivity index (χ3n) is 1.96. The molecule has 0 fully saturated rings. The van der Waals surface area contributed by atoms with Crippen LogP contribution in [-0.4, -0.2) is 33.8 Å². The number of aromatic nitrogens is 1. The van der Waals surface area contributed by atoms with Gasteiger partial charge in [0.2, 0.25) is 0 Å². The number of aliphatic carboxylic acids is 1. The molecule has 1 rings (SSSR count). The summed E-state index contributed by atoms with van der Waals surface area (Å²) >= 11 is 1.18. The van der Waals surface area contributed by atoms with Gasteiger partial charge in [-0.2, -0.15) is 0 Å². The van der Waals surface area contributed by atoms with Crippen molar-refractivity contribution in [1.82, 2.24) is 4.98 Å². The summed E-state index contributed by atoms with van der Waals surface area (Å²) in [5.41, 5.74) is -0.690. The molecule has 0 spiro atoms. The number of carboxylic acid groups (broad SMARTS) is 1. The van der Waals surface area contributed by atoms with Crippen LogP contribution in [0.1, 0.15) is 27.7 Å². The van der Waals surface area contributed by atoms with E-state index < -0.39 is 23.7 Å². The van der Waals surface area contributed by atoms with Gasteiger partial charge in [-0.25, -0.2) is 19.5 Å². The van der Waals surface area contributed by atoms with E-state index in [0.717, 1.165) is 4.90 Å². The van der Waals surface area contributed by atoms with E-state index in [2.05, 4.69) is 4.98 Å². The summed E-state index contributed by atoms with van der Waals surface area (Å²) in [5, 5.41) is 11.0. The molecule has 0 unspecified atom stereocenters. The van der Waals surface area contributed by atoms with Gasteiger partial charge in [0.05, 0.1) is 0 Å². The van der Waals surface area contributed by atoms with Gasteiger partial charge in [0.15, 0.2) is 5.13 Å². The number of carbonyl (C=O) groups excluding carboxylic acids is 1. The zero-order valence-corrected chi connectivity index (χ0v) is 11.5. The smallest absolute Gasteiger partial charge is 0.417 e. The lowest BCUT2D eigenvalue weighted by Gasteiger charge is -2.27. The standard InChI is InChI=1S/C11H16N2O4S/c1-7(8(14)15)13(9-12-5-6-18-9)10(16)17-11(2,3)4/h5-7H,1-4H3,(H,14,15)/t7-/m0/s1. The molecule has 0 bridgehead atoms. The van der Waals surface area contributed by atoms with Crippen LogP contribution in [0.3, 0.4) is 0 Å². The monoisotopic (exact) mass is 272 g/mol. The number of carbonyl (C=O) groups is 2. The van der Waals surface area contributed by atoms with Crippen LogP contribution in [-0.2, 0) is 9.53 Å². The van der Waals surface area contributed by atoms with Crippen LogP contribution in [0.25, 0.3) is 0 Å². The van der Waals surface area contributed by atoms with E-state index in [9.17, 15) is 9.59 Å². The van der Waals surface area contributed by atoms with E-state index in [0.29, 0.717) is 5.13 Å². The van der Waals surface area contributed by atoms with Gasteiger partial charge in [0, 0.05) is 11.6 Å². The summed E-state index contributed by atoms with van der Waals surface area (Å²) in [5.74, 6) is -1.11. The van der Waals surface area contributed by atoms with Crippen LogP contribution in [0.5, 0.6) is 0 Å². The number of rotatable bonds is 3. The Bertz CT molecular complexity index is 425. The van der Waals surface area contributed by atoms with Crippen molar-refractivity contribution in [2.45, 2.75) is 39.3 Å². The Morgan fingerprint density at radius 1 is 1.50 bits per heavy atom. The predicted octanol–water partition coefficient (Wildman–Crippen LogP) is 2.36. The highest BCUT2D eigenvalue weighted by Crippen LogP contribution is 2.23. The molecule has 1 aromatic rings. The lowest BCUT2D eigenvalue weighted by molar-refractivity contribution is -0.138. The van der Waals surface area contributed by atoms with E-state index in [-0.39, 0.29) is 0 Å². The third-order valence-corrected chi connectivity index (χ3v) is 2.73. The van der Waals surface area contributed by atoms with Gasteiger partial charge >= 0.3 is 12.1 Å². The Kier molecular flexibility index (Phi) is 4.28. The maximum atomic E-state index is 12.0. The summed E-state index contributed by atoms with van der Waals surface area (Å²) in [6.07, 6.45) is 0.790. The second-order valence-electron chi connectivity index (χ2n) is 4.68. The van der Waals surface area contributed by atoms with Crippen molar-refractivity contribution in [1.29, 1.82) is 0 Å². The van der Waals surface area contributed by atoms with E-state index in [1.807, 2.05) is 0 Å². The van der Waals surface area contributed by atoms with E-state index in [1.54, 1.807) is 26.2 Å². The fourth-order valence-electron chi connectivity index (χ4n) is 1.16. The topological polar surface area (TPSA) is 79.7 Å². The molecule has 0 aliphatic rings. The fourth-order valence-corrected chi connectivity index (χ4v) is 1.87. The largest absolute Gasteiger partial charge is 0.480 e. The number of ether oxygens (including phenoxy) is 1. The van der Waals surface area contributed by atoms with Gasteiger partial charge < -0.3 is 9.84 Å². The van der Waals surface area contributed by atoms with Crippen molar-refractivity contribution in [3.8, 4) is 0 Å². The number of thiazole rings is 1. The Hall–Kier alpha value is -1.63. The molecule has 0 aromatic carbocycles. The number of hydrogen-bond acceptors (Lipinski definition) is 5. The van der Waals surface area contributed by atoms with Gasteiger partial charge in [0.25, 0.3) is 0 Å². The molecule has 18 heavy (non-hydrogen) atoms. The van der Waals surface area contributed by atoms with Gasteiger partial charge in [-0.15, -0.1) is 11.3 Å². The fraction of sp³-hybridized carbons (Fsp3) is 0.545. The second kappa shape index (κ2) is 5.34. The van der Waals surface area contributed by atoms with Gasteiger partial charge in [-0.3, -0.25) is 0 Å². The highest BCUT2D eigenvalue weighted by atomic mass is 32.1. The number of hydrogen-bond donors (Lipinski definition) is 1. The molecule has 0 aliphatic heterocycles. The highest BCUT2D eigenvalue weighted by Gasteiger charge is 2.32. The van der Waals surface area contributed by atoms with Crippen molar-refractivity contribution in [3.05, 3.63) is 11.6 Å². The van der Waals surface area contributed by atoms with Crippen LogP contribution in [0.4, 0.5) is 9.93 Å². The van der Waals surface area contributed by atoms with Gasteiger partial charge in [0.1, 0.15) is 11.6 Å². The molecule has 0 saturated heterocycles. The first kappa shape index (κ1) is 14.4. The molecule has 7 heteroatoms. The Labute approximate surface area is 109 Å². The summed E-state index contributed by atoms with van der Waals surface area (Å²) in [7, 11) is 0. The van der Waals surface area contributed by atoms with Gasteiger partial charge in [-0.05, 0) is 27.7 Å². The number of carboxylic acids is 1. The number of amides is 1.